The first-order valence-corrected chi connectivity index (χ1v) is 8.32. The van der Waals surface area contributed by atoms with Crippen molar-refractivity contribution in [3.63, 3.8) is 0 Å². The lowest BCUT2D eigenvalue weighted by Gasteiger charge is -2.36. The third kappa shape index (κ3) is 4.15. The van der Waals surface area contributed by atoms with E-state index in [1.807, 2.05) is 31.7 Å². The van der Waals surface area contributed by atoms with Crippen molar-refractivity contribution in [2.45, 2.75) is 32.7 Å². The molecule has 0 bridgehead atoms. The highest BCUT2D eigenvalue weighted by Crippen LogP contribution is 2.29. The van der Waals surface area contributed by atoms with Crippen LogP contribution in [0.3, 0.4) is 0 Å². The van der Waals surface area contributed by atoms with Crippen LogP contribution in [0.25, 0.3) is 0 Å². The molecule has 0 saturated carbocycles. The van der Waals surface area contributed by atoms with Crippen LogP contribution in [-0.4, -0.2) is 42.8 Å². The molecule has 1 amide bonds. The minimum atomic E-state index is -0.724. The monoisotopic (exact) mass is 350 g/mol. The normalized spacial score (nSPS) is 18.1. The molecular formula is C18H23FN2O4. The molecule has 1 fully saturated rings. The maximum Gasteiger partial charge on any atom is 0.410 e. The van der Waals surface area contributed by atoms with E-state index in [-0.39, 0.29) is 11.9 Å². The SMILES string of the molecule is CC(C)(C)OC(=O)N1CCN(c2ccc(C3OC=CO3)c(F)c2)CC1. The van der Waals surface area contributed by atoms with Crippen molar-refractivity contribution in [2.24, 2.45) is 0 Å². The van der Waals surface area contributed by atoms with Crippen LogP contribution >= 0.6 is 0 Å². The highest BCUT2D eigenvalue weighted by molar-refractivity contribution is 5.68. The number of hydrogen-bond donors (Lipinski definition) is 0. The smallest absolute Gasteiger partial charge is 0.410 e. The highest BCUT2D eigenvalue weighted by Gasteiger charge is 2.27. The molecule has 3 rings (SSSR count). The molecule has 2 heterocycles. The summed E-state index contributed by atoms with van der Waals surface area (Å²) in [5.41, 5.74) is 0.629. The van der Waals surface area contributed by atoms with Crippen molar-refractivity contribution < 1.29 is 23.4 Å². The van der Waals surface area contributed by atoms with Crippen molar-refractivity contribution >= 4 is 11.8 Å². The van der Waals surface area contributed by atoms with Crippen molar-refractivity contribution in [1.82, 2.24) is 4.90 Å². The van der Waals surface area contributed by atoms with E-state index in [1.54, 1.807) is 11.0 Å². The first kappa shape index (κ1) is 17.4. The van der Waals surface area contributed by atoms with E-state index in [9.17, 15) is 9.18 Å². The summed E-state index contributed by atoms with van der Waals surface area (Å²) in [6.07, 6.45) is 1.76. The molecule has 1 aromatic rings. The van der Waals surface area contributed by atoms with Crippen LogP contribution in [-0.2, 0) is 14.2 Å². The number of amides is 1. The number of rotatable bonds is 2. The Bertz CT molecular complexity index is 656. The molecule has 0 aromatic heterocycles. The fourth-order valence-electron chi connectivity index (χ4n) is 2.76. The molecule has 0 atom stereocenters. The van der Waals surface area contributed by atoms with Crippen LogP contribution in [0.5, 0.6) is 0 Å². The van der Waals surface area contributed by atoms with Crippen molar-refractivity contribution in [1.29, 1.82) is 0 Å². The molecular weight excluding hydrogens is 327 g/mol. The minimum Gasteiger partial charge on any atom is -0.455 e. The number of anilines is 1. The summed E-state index contributed by atoms with van der Waals surface area (Å²) in [6, 6.07) is 4.98. The molecule has 1 saturated heterocycles. The van der Waals surface area contributed by atoms with Crippen LogP contribution in [0.1, 0.15) is 32.6 Å². The van der Waals surface area contributed by atoms with Crippen LogP contribution in [0, 0.1) is 5.82 Å². The summed E-state index contributed by atoms with van der Waals surface area (Å²) in [5.74, 6) is -0.374. The highest BCUT2D eigenvalue weighted by atomic mass is 19.1. The van der Waals surface area contributed by atoms with Gasteiger partial charge < -0.3 is 24.0 Å². The summed E-state index contributed by atoms with van der Waals surface area (Å²) >= 11 is 0. The maximum atomic E-state index is 14.3. The summed E-state index contributed by atoms with van der Waals surface area (Å²) < 4.78 is 30.1. The summed E-state index contributed by atoms with van der Waals surface area (Å²) in [7, 11) is 0. The van der Waals surface area contributed by atoms with Crippen molar-refractivity contribution in [2.75, 3.05) is 31.1 Å². The molecule has 25 heavy (non-hydrogen) atoms. The first-order chi connectivity index (χ1) is 11.8. The molecule has 0 spiro atoms. The van der Waals surface area contributed by atoms with Gasteiger partial charge in [0.25, 0.3) is 6.29 Å². The van der Waals surface area contributed by atoms with Gasteiger partial charge in [0, 0.05) is 31.9 Å². The van der Waals surface area contributed by atoms with E-state index < -0.39 is 11.9 Å². The van der Waals surface area contributed by atoms with Gasteiger partial charge in [-0.15, -0.1) is 0 Å². The van der Waals surface area contributed by atoms with E-state index >= 15 is 0 Å². The summed E-state index contributed by atoms with van der Waals surface area (Å²) in [6.45, 7) is 7.86. The van der Waals surface area contributed by atoms with Crippen LogP contribution in [0.2, 0.25) is 0 Å². The fraction of sp³-hybridized carbons (Fsp3) is 0.500. The van der Waals surface area contributed by atoms with Gasteiger partial charge in [-0.1, -0.05) is 0 Å². The lowest BCUT2D eigenvalue weighted by atomic mass is 10.1. The average Bonchev–Trinajstić information content (AvgIpc) is 3.07. The topological polar surface area (TPSA) is 51.2 Å². The van der Waals surface area contributed by atoms with E-state index in [0.717, 1.165) is 5.69 Å². The Kier molecular flexibility index (Phi) is 4.74. The molecule has 2 aliphatic rings. The summed E-state index contributed by atoms with van der Waals surface area (Å²) in [4.78, 5) is 15.8. The second-order valence-corrected chi connectivity index (χ2v) is 7.04. The van der Waals surface area contributed by atoms with Gasteiger partial charge in [-0.25, -0.2) is 9.18 Å². The molecule has 0 radical (unpaired) electrons. The van der Waals surface area contributed by atoms with Crippen LogP contribution in [0.15, 0.2) is 30.7 Å². The zero-order valence-corrected chi connectivity index (χ0v) is 14.7. The van der Waals surface area contributed by atoms with Crippen LogP contribution in [0.4, 0.5) is 14.9 Å². The quantitative estimate of drug-likeness (QED) is 0.818. The predicted molar refractivity (Wildman–Crippen MR) is 90.5 cm³/mol. The standard InChI is InChI=1S/C18H23FN2O4/c1-18(2,3)25-17(22)21-8-6-20(7-9-21)13-4-5-14(15(19)12-13)16-23-10-11-24-16/h4-5,10-12,16H,6-9H2,1-3H3. The van der Waals surface area contributed by atoms with Gasteiger partial charge in [-0.2, -0.15) is 0 Å². The third-order valence-corrected chi connectivity index (χ3v) is 3.99. The summed E-state index contributed by atoms with van der Waals surface area (Å²) in [5, 5.41) is 0. The lowest BCUT2D eigenvalue weighted by Crippen LogP contribution is -2.50. The number of hydrogen-bond acceptors (Lipinski definition) is 5. The molecule has 0 aliphatic carbocycles. The lowest BCUT2D eigenvalue weighted by molar-refractivity contribution is -0.0271. The van der Waals surface area contributed by atoms with Gasteiger partial charge in [0.2, 0.25) is 0 Å². The Labute approximate surface area is 146 Å². The number of halogens is 1. The molecule has 6 nitrogen and oxygen atoms in total. The second-order valence-electron chi connectivity index (χ2n) is 7.04. The Morgan fingerprint density at radius 2 is 1.80 bits per heavy atom. The zero-order chi connectivity index (χ0) is 18.0. The second kappa shape index (κ2) is 6.82. The van der Waals surface area contributed by atoms with E-state index in [1.165, 1.54) is 18.6 Å². The minimum absolute atomic E-state index is 0.309. The molecule has 0 N–H and O–H groups in total. The Hall–Kier alpha value is -2.44. The van der Waals surface area contributed by atoms with Crippen molar-refractivity contribution in [3.05, 3.63) is 42.1 Å². The molecule has 7 heteroatoms. The molecule has 1 aromatic carbocycles. The Morgan fingerprint density at radius 3 is 2.36 bits per heavy atom. The molecule has 136 valence electrons. The van der Waals surface area contributed by atoms with Gasteiger partial charge in [0.05, 0.1) is 5.56 Å². The number of carbonyl (C=O) groups excluding carboxylic acids is 1. The first-order valence-electron chi connectivity index (χ1n) is 8.32. The number of carbonyl (C=O) groups is 1. The van der Waals surface area contributed by atoms with E-state index in [2.05, 4.69) is 0 Å². The Morgan fingerprint density at radius 1 is 1.16 bits per heavy atom. The predicted octanol–water partition coefficient (Wildman–Crippen LogP) is 3.40. The third-order valence-electron chi connectivity index (χ3n) is 3.99. The number of ether oxygens (including phenoxy) is 3. The van der Waals surface area contributed by atoms with Gasteiger partial charge in [0.1, 0.15) is 23.9 Å². The number of piperazine rings is 1. The number of benzene rings is 1. The molecule has 2 aliphatic heterocycles. The van der Waals surface area contributed by atoms with Crippen LogP contribution < -0.4 is 4.90 Å². The largest absolute Gasteiger partial charge is 0.455 e. The van der Waals surface area contributed by atoms with E-state index in [4.69, 9.17) is 14.2 Å². The maximum absolute atomic E-state index is 14.3. The van der Waals surface area contributed by atoms with Gasteiger partial charge in [0.15, 0.2) is 0 Å². The fourth-order valence-corrected chi connectivity index (χ4v) is 2.76. The van der Waals surface area contributed by atoms with E-state index in [0.29, 0.717) is 31.7 Å². The van der Waals surface area contributed by atoms with Gasteiger partial charge in [-0.05, 0) is 39.0 Å². The van der Waals surface area contributed by atoms with Gasteiger partial charge >= 0.3 is 6.09 Å². The number of nitrogens with zero attached hydrogens (tertiary/aromatic N) is 2. The average molecular weight is 350 g/mol. The van der Waals surface area contributed by atoms with Gasteiger partial charge in [-0.3, -0.25) is 0 Å². The van der Waals surface area contributed by atoms with Crippen molar-refractivity contribution in [3.8, 4) is 0 Å². The zero-order valence-electron chi connectivity index (χ0n) is 14.7. The Balaban J connectivity index is 1.59. The molecule has 0 unspecified atom stereocenters.